The SMILES string of the molecule is CC#CC1=CCC(OC(C)=O)C=C1. The highest BCUT2D eigenvalue weighted by Gasteiger charge is 2.09. The quantitative estimate of drug-likeness (QED) is 0.450. The monoisotopic (exact) mass is 176 g/mol. The number of esters is 1. The summed E-state index contributed by atoms with van der Waals surface area (Å²) in [6, 6.07) is 0. The van der Waals surface area contributed by atoms with Crippen LogP contribution in [0.4, 0.5) is 0 Å². The summed E-state index contributed by atoms with van der Waals surface area (Å²) in [5, 5.41) is 0. The topological polar surface area (TPSA) is 26.3 Å². The van der Waals surface area contributed by atoms with E-state index in [0.717, 1.165) is 12.0 Å². The zero-order valence-corrected chi connectivity index (χ0v) is 7.83. The van der Waals surface area contributed by atoms with E-state index in [9.17, 15) is 4.79 Å². The summed E-state index contributed by atoms with van der Waals surface area (Å²) in [5.74, 6) is 5.52. The number of allylic oxidation sites excluding steroid dienone is 2. The van der Waals surface area contributed by atoms with Crippen LogP contribution in [-0.4, -0.2) is 12.1 Å². The molecule has 0 amide bonds. The number of rotatable bonds is 1. The first kappa shape index (κ1) is 9.60. The Morgan fingerprint density at radius 1 is 1.69 bits per heavy atom. The van der Waals surface area contributed by atoms with Crippen molar-refractivity contribution in [2.75, 3.05) is 0 Å². The lowest BCUT2D eigenvalue weighted by molar-refractivity contribution is -0.144. The van der Waals surface area contributed by atoms with E-state index in [-0.39, 0.29) is 12.1 Å². The summed E-state index contributed by atoms with van der Waals surface area (Å²) in [4.78, 5) is 10.6. The van der Waals surface area contributed by atoms with Gasteiger partial charge in [0.2, 0.25) is 0 Å². The average molecular weight is 176 g/mol. The van der Waals surface area contributed by atoms with Gasteiger partial charge in [-0.1, -0.05) is 12.0 Å². The van der Waals surface area contributed by atoms with Crippen LogP contribution < -0.4 is 0 Å². The predicted octanol–water partition coefficient (Wildman–Crippen LogP) is 1.83. The van der Waals surface area contributed by atoms with Gasteiger partial charge in [0.05, 0.1) is 0 Å². The lowest BCUT2D eigenvalue weighted by Gasteiger charge is -2.13. The van der Waals surface area contributed by atoms with Crippen LogP contribution in [0.25, 0.3) is 0 Å². The minimum absolute atomic E-state index is 0.111. The van der Waals surface area contributed by atoms with Gasteiger partial charge in [0, 0.05) is 18.9 Å². The van der Waals surface area contributed by atoms with E-state index in [1.165, 1.54) is 6.92 Å². The highest BCUT2D eigenvalue weighted by atomic mass is 16.5. The van der Waals surface area contributed by atoms with Crippen LogP contribution in [0.2, 0.25) is 0 Å². The molecule has 0 aromatic heterocycles. The first-order valence-electron chi connectivity index (χ1n) is 4.20. The van der Waals surface area contributed by atoms with Crippen LogP contribution >= 0.6 is 0 Å². The Morgan fingerprint density at radius 2 is 2.46 bits per heavy atom. The number of carbonyl (C=O) groups excluding carboxylic acids is 1. The van der Waals surface area contributed by atoms with Crippen LogP contribution in [0.5, 0.6) is 0 Å². The molecule has 1 atom stereocenters. The molecule has 1 aliphatic carbocycles. The molecular weight excluding hydrogens is 164 g/mol. The Bertz CT molecular complexity index is 313. The van der Waals surface area contributed by atoms with Crippen LogP contribution in [0.15, 0.2) is 23.8 Å². The van der Waals surface area contributed by atoms with Gasteiger partial charge in [0.15, 0.2) is 0 Å². The molecule has 1 rings (SSSR count). The van der Waals surface area contributed by atoms with E-state index in [1.54, 1.807) is 6.92 Å². The molecule has 0 fully saturated rings. The Labute approximate surface area is 78.3 Å². The highest BCUT2D eigenvalue weighted by Crippen LogP contribution is 2.12. The molecule has 0 aromatic carbocycles. The summed E-state index contributed by atoms with van der Waals surface area (Å²) >= 11 is 0. The fourth-order valence-electron chi connectivity index (χ4n) is 1.14. The van der Waals surface area contributed by atoms with Crippen molar-refractivity contribution in [3.05, 3.63) is 23.8 Å². The molecule has 0 radical (unpaired) electrons. The molecule has 0 aliphatic heterocycles. The summed E-state index contributed by atoms with van der Waals surface area (Å²) < 4.78 is 5.00. The third-order valence-electron chi connectivity index (χ3n) is 1.65. The van der Waals surface area contributed by atoms with E-state index in [2.05, 4.69) is 11.8 Å². The molecule has 0 N–H and O–H groups in total. The van der Waals surface area contributed by atoms with Crippen LogP contribution in [-0.2, 0) is 9.53 Å². The van der Waals surface area contributed by atoms with Crippen molar-refractivity contribution < 1.29 is 9.53 Å². The number of hydrogen-bond donors (Lipinski definition) is 0. The van der Waals surface area contributed by atoms with Crippen molar-refractivity contribution in [1.29, 1.82) is 0 Å². The molecule has 0 saturated carbocycles. The largest absolute Gasteiger partial charge is 0.458 e. The second-order valence-electron chi connectivity index (χ2n) is 2.78. The summed E-state index contributed by atoms with van der Waals surface area (Å²) in [7, 11) is 0. The molecular formula is C11H12O2. The molecule has 0 heterocycles. The van der Waals surface area contributed by atoms with E-state index in [1.807, 2.05) is 18.2 Å². The van der Waals surface area contributed by atoms with Gasteiger partial charge in [-0.25, -0.2) is 0 Å². The molecule has 0 saturated heterocycles. The van der Waals surface area contributed by atoms with Gasteiger partial charge in [-0.3, -0.25) is 4.79 Å². The lowest BCUT2D eigenvalue weighted by Crippen LogP contribution is -2.14. The Balaban J connectivity index is 2.51. The van der Waals surface area contributed by atoms with Crippen LogP contribution in [0.1, 0.15) is 20.3 Å². The zero-order valence-electron chi connectivity index (χ0n) is 7.83. The van der Waals surface area contributed by atoms with Crippen molar-refractivity contribution in [3.8, 4) is 11.8 Å². The minimum Gasteiger partial charge on any atom is -0.458 e. The van der Waals surface area contributed by atoms with E-state index >= 15 is 0 Å². The molecule has 0 aromatic rings. The van der Waals surface area contributed by atoms with Gasteiger partial charge < -0.3 is 4.74 Å². The summed E-state index contributed by atoms with van der Waals surface area (Å²) in [6.07, 6.45) is 6.33. The highest BCUT2D eigenvalue weighted by molar-refractivity contribution is 5.66. The molecule has 2 heteroatoms. The Morgan fingerprint density at radius 3 is 2.92 bits per heavy atom. The second-order valence-corrected chi connectivity index (χ2v) is 2.78. The van der Waals surface area contributed by atoms with Gasteiger partial charge in [-0.2, -0.15) is 0 Å². The van der Waals surface area contributed by atoms with Gasteiger partial charge in [0.1, 0.15) is 6.10 Å². The van der Waals surface area contributed by atoms with Crippen molar-refractivity contribution in [2.24, 2.45) is 0 Å². The average Bonchev–Trinajstić information content (AvgIpc) is 2.08. The second kappa shape index (κ2) is 4.51. The molecule has 13 heavy (non-hydrogen) atoms. The third kappa shape index (κ3) is 3.16. The smallest absolute Gasteiger partial charge is 0.303 e. The van der Waals surface area contributed by atoms with Gasteiger partial charge >= 0.3 is 5.97 Å². The maximum absolute atomic E-state index is 10.6. The maximum Gasteiger partial charge on any atom is 0.303 e. The Kier molecular flexibility index (Phi) is 3.33. The lowest BCUT2D eigenvalue weighted by atomic mass is 10.1. The zero-order chi connectivity index (χ0) is 9.68. The first-order chi connectivity index (χ1) is 6.22. The number of ether oxygens (including phenoxy) is 1. The van der Waals surface area contributed by atoms with Crippen LogP contribution in [0, 0.1) is 11.8 Å². The standard InChI is InChI=1S/C11H12O2/c1-3-4-10-5-7-11(8-6-10)13-9(2)12/h5-7,11H,8H2,1-2H3. The first-order valence-corrected chi connectivity index (χ1v) is 4.20. The fourth-order valence-corrected chi connectivity index (χ4v) is 1.14. The summed E-state index contributed by atoms with van der Waals surface area (Å²) in [6.45, 7) is 3.21. The normalized spacial score (nSPS) is 19.8. The molecule has 2 nitrogen and oxygen atoms in total. The molecule has 1 unspecified atom stereocenters. The third-order valence-corrected chi connectivity index (χ3v) is 1.65. The van der Waals surface area contributed by atoms with Crippen molar-refractivity contribution >= 4 is 5.97 Å². The molecule has 0 bridgehead atoms. The molecule has 0 spiro atoms. The maximum atomic E-state index is 10.6. The van der Waals surface area contributed by atoms with E-state index in [0.29, 0.717) is 0 Å². The van der Waals surface area contributed by atoms with Gasteiger partial charge in [-0.15, -0.1) is 5.92 Å². The van der Waals surface area contributed by atoms with E-state index in [4.69, 9.17) is 4.74 Å². The van der Waals surface area contributed by atoms with Crippen LogP contribution in [0.3, 0.4) is 0 Å². The Hall–Kier alpha value is -1.49. The van der Waals surface area contributed by atoms with Crippen molar-refractivity contribution in [3.63, 3.8) is 0 Å². The van der Waals surface area contributed by atoms with Gasteiger partial charge in [-0.05, 0) is 19.1 Å². The van der Waals surface area contributed by atoms with E-state index < -0.39 is 0 Å². The molecule has 68 valence electrons. The van der Waals surface area contributed by atoms with Crippen molar-refractivity contribution in [2.45, 2.75) is 26.4 Å². The fraction of sp³-hybridized carbons (Fsp3) is 0.364. The summed E-state index contributed by atoms with van der Waals surface area (Å²) in [5.41, 5.74) is 0.992. The van der Waals surface area contributed by atoms with Gasteiger partial charge in [0.25, 0.3) is 0 Å². The molecule has 1 aliphatic rings. The predicted molar refractivity (Wildman–Crippen MR) is 50.8 cm³/mol. The number of hydrogen-bond acceptors (Lipinski definition) is 2. The van der Waals surface area contributed by atoms with Crippen molar-refractivity contribution in [1.82, 2.24) is 0 Å². The minimum atomic E-state index is -0.243. The number of carbonyl (C=O) groups is 1.